The van der Waals surface area contributed by atoms with Gasteiger partial charge in [-0.15, -0.1) is 0 Å². The van der Waals surface area contributed by atoms with Gasteiger partial charge in [0.1, 0.15) is 11.5 Å². The number of nitrogens with zero attached hydrogens (tertiary/aromatic N) is 2. The standard InChI is InChI=1S/C27H24N2O4/c1-16-6-3-9-21(17(16)2)29-24(20-7-4-12-28-15-20)23(26(31)27(29)32)25(30)19-10-11-22-18(14-19)8-5-13-33-22/h3-4,6-7,9-12,14-15,24,30H,5,8,13H2,1-2H3/b25-23-. The quantitative estimate of drug-likeness (QED) is 0.364. The third-order valence-corrected chi connectivity index (χ3v) is 6.46. The second kappa shape index (κ2) is 8.20. The number of pyridine rings is 1. The zero-order valence-electron chi connectivity index (χ0n) is 18.5. The van der Waals surface area contributed by atoms with Gasteiger partial charge in [0, 0.05) is 23.6 Å². The van der Waals surface area contributed by atoms with Crippen LogP contribution in [0.5, 0.6) is 5.75 Å². The number of carbonyl (C=O) groups is 2. The zero-order valence-corrected chi connectivity index (χ0v) is 18.5. The number of aromatic nitrogens is 1. The molecular weight excluding hydrogens is 416 g/mol. The van der Waals surface area contributed by atoms with Gasteiger partial charge in [0.05, 0.1) is 18.2 Å². The molecule has 0 bridgehead atoms. The Kier molecular flexibility index (Phi) is 5.21. The molecule has 1 aromatic heterocycles. The third kappa shape index (κ3) is 3.48. The van der Waals surface area contributed by atoms with Crippen LogP contribution in [0, 0.1) is 13.8 Å². The Morgan fingerprint density at radius 3 is 2.76 bits per heavy atom. The fourth-order valence-corrected chi connectivity index (χ4v) is 4.59. The Morgan fingerprint density at radius 2 is 1.97 bits per heavy atom. The van der Waals surface area contributed by atoms with Gasteiger partial charge in [-0.1, -0.05) is 18.2 Å². The second-order valence-electron chi connectivity index (χ2n) is 8.45. The minimum absolute atomic E-state index is 0.0607. The van der Waals surface area contributed by atoms with Gasteiger partial charge in [0.25, 0.3) is 11.7 Å². The van der Waals surface area contributed by atoms with Crippen LogP contribution in [0.15, 0.2) is 66.5 Å². The highest BCUT2D eigenvalue weighted by molar-refractivity contribution is 6.51. The van der Waals surface area contributed by atoms with Crippen LogP contribution in [-0.2, 0) is 16.0 Å². The molecule has 6 heteroatoms. The number of benzene rings is 2. The molecule has 2 aliphatic heterocycles. The lowest BCUT2D eigenvalue weighted by atomic mass is 9.94. The van der Waals surface area contributed by atoms with Gasteiger partial charge in [-0.3, -0.25) is 19.5 Å². The van der Waals surface area contributed by atoms with E-state index in [0.717, 1.165) is 35.3 Å². The molecule has 1 saturated heterocycles. The number of hydrogen-bond donors (Lipinski definition) is 1. The average Bonchev–Trinajstić information content (AvgIpc) is 3.11. The Bertz CT molecular complexity index is 1300. The van der Waals surface area contributed by atoms with E-state index in [0.29, 0.717) is 23.4 Å². The summed E-state index contributed by atoms with van der Waals surface area (Å²) in [6.07, 6.45) is 4.99. The number of rotatable bonds is 3. The maximum absolute atomic E-state index is 13.3. The first-order chi connectivity index (χ1) is 16.0. The van der Waals surface area contributed by atoms with Crippen molar-refractivity contribution in [3.8, 4) is 5.75 Å². The monoisotopic (exact) mass is 440 g/mol. The Hall–Kier alpha value is -3.93. The number of carbonyl (C=O) groups excluding carboxylic acids is 2. The molecule has 3 aromatic rings. The first-order valence-electron chi connectivity index (χ1n) is 11.0. The highest BCUT2D eigenvalue weighted by atomic mass is 16.5. The molecule has 0 saturated carbocycles. The Morgan fingerprint density at radius 1 is 1.12 bits per heavy atom. The molecule has 5 rings (SSSR count). The second-order valence-corrected chi connectivity index (χ2v) is 8.45. The molecule has 1 unspecified atom stereocenters. The molecule has 6 nitrogen and oxygen atoms in total. The summed E-state index contributed by atoms with van der Waals surface area (Å²) < 4.78 is 5.68. The molecule has 1 atom stereocenters. The molecule has 166 valence electrons. The number of Topliss-reactive ketones (excluding diaryl/α,β-unsaturated/α-hetero) is 1. The summed E-state index contributed by atoms with van der Waals surface area (Å²) in [6, 6.07) is 13.8. The van der Waals surface area contributed by atoms with Crippen LogP contribution >= 0.6 is 0 Å². The maximum atomic E-state index is 13.3. The first kappa shape index (κ1) is 20.9. The highest BCUT2D eigenvalue weighted by Crippen LogP contribution is 2.43. The summed E-state index contributed by atoms with van der Waals surface area (Å²) in [5, 5.41) is 11.3. The van der Waals surface area contributed by atoms with E-state index in [4.69, 9.17) is 4.74 Å². The number of ether oxygens (including phenoxy) is 1. The smallest absolute Gasteiger partial charge is 0.300 e. The first-order valence-corrected chi connectivity index (χ1v) is 11.0. The van der Waals surface area contributed by atoms with Crippen LogP contribution in [0.25, 0.3) is 5.76 Å². The van der Waals surface area contributed by atoms with Gasteiger partial charge < -0.3 is 9.84 Å². The number of fused-ring (bicyclic) bond motifs is 1. The summed E-state index contributed by atoms with van der Waals surface area (Å²) in [5.74, 6) is -0.780. The number of aliphatic hydroxyl groups excluding tert-OH is 1. The van der Waals surface area contributed by atoms with Crippen molar-refractivity contribution in [1.82, 2.24) is 4.98 Å². The lowest BCUT2D eigenvalue weighted by Gasteiger charge is -2.27. The maximum Gasteiger partial charge on any atom is 0.300 e. The van der Waals surface area contributed by atoms with Crippen LogP contribution in [-0.4, -0.2) is 28.4 Å². The molecule has 1 N–H and O–H groups in total. The van der Waals surface area contributed by atoms with Crippen molar-refractivity contribution in [2.75, 3.05) is 11.5 Å². The fraction of sp³-hybridized carbons (Fsp3) is 0.222. The molecule has 0 aliphatic carbocycles. The lowest BCUT2D eigenvalue weighted by Crippen LogP contribution is -2.30. The van der Waals surface area contributed by atoms with Gasteiger partial charge in [0.15, 0.2) is 0 Å². The van der Waals surface area contributed by atoms with Crippen LogP contribution in [0.4, 0.5) is 5.69 Å². The molecule has 0 spiro atoms. The van der Waals surface area contributed by atoms with E-state index in [1.807, 2.05) is 50.2 Å². The topological polar surface area (TPSA) is 79.7 Å². The molecular formula is C27H24N2O4. The number of aliphatic hydroxyl groups is 1. The van der Waals surface area contributed by atoms with Crippen molar-refractivity contribution in [2.24, 2.45) is 0 Å². The summed E-state index contributed by atoms with van der Waals surface area (Å²) >= 11 is 0. The number of anilines is 1. The summed E-state index contributed by atoms with van der Waals surface area (Å²) in [5.41, 5.74) is 4.74. The summed E-state index contributed by atoms with van der Waals surface area (Å²) in [6.45, 7) is 4.55. The van der Waals surface area contributed by atoms with Crippen LogP contribution in [0.2, 0.25) is 0 Å². The van der Waals surface area contributed by atoms with Gasteiger partial charge >= 0.3 is 0 Å². The predicted molar refractivity (Wildman–Crippen MR) is 125 cm³/mol. The van der Waals surface area contributed by atoms with Gasteiger partial charge in [-0.25, -0.2) is 0 Å². The summed E-state index contributed by atoms with van der Waals surface area (Å²) in [4.78, 5) is 32.3. The van der Waals surface area contributed by atoms with E-state index in [-0.39, 0.29) is 11.3 Å². The Balaban J connectivity index is 1.71. The number of aryl methyl sites for hydroxylation is 2. The molecule has 2 aliphatic rings. The number of hydrogen-bond acceptors (Lipinski definition) is 5. The zero-order chi connectivity index (χ0) is 23.1. The van der Waals surface area contributed by atoms with Crippen LogP contribution in [0.1, 0.15) is 40.3 Å². The van der Waals surface area contributed by atoms with E-state index in [2.05, 4.69) is 4.98 Å². The van der Waals surface area contributed by atoms with E-state index in [1.54, 1.807) is 24.5 Å². The molecule has 1 fully saturated rings. The molecule has 2 aromatic carbocycles. The fourth-order valence-electron chi connectivity index (χ4n) is 4.59. The Labute approximate surface area is 192 Å². The highest BCUT2D eigenvalue weighted by Gasteiger charge is 2.47. The van der Waals surface area contributed by atoms with Crippen molar-refractivity contribution < 1.29 is 19.4 Å². The minimum Gasteiger partial charge on any atom is -0.507 e. The van der Waals surface area contributed by atoms with E-state index in [1.165, 1.54) is 4.90 Å². The number of ketones is 1. The normalized spacial score (nSPS) is 19.3. The van der Waals surface area contributed by atoms with Crippen molar-refractivity contribution in [3.05, 3.63) is 94.3 Å². The van der Waals surface area contributed by atoms with E-state index < -0.39 is 17.7 Å². The van der Waals surface area contributed by atoms with Crippen molar-refractivity contribution in [1.29, 1.82) is 0 Å². The lowest BCUT2D eigenvalue weighted by molar-refractivity contribution is -0.132. The minimum atomic E-state index is -0.786. The van der Waals surface area contributed by atoms with Crippen LogP contribution in [0.3, 0.4) is 0 Å². The van der Waals surface area contributed by atoms with Gasteiger partial charge in [0.2, 0.25) is 0 Å². The molecule has 1 amide bonds. The molecule has 3 heterocycles. The van der Waals surface area contributed by atoms with E-state index in [9.17, 15) is 14.7 Å². The van der Waals surface area contributed by atoms with Gasteiger partial charge in [-0.2, -0.15) is 0 Å². The molecule has 33 heavy (non-hydrogen) atoms. The predicted octanol–water partition coefficient (Wildman–Crippen LogP) is 4.65. The largest absolute Gasteiger partial charge is 0.507 e. The summed E-state index contributed by atoms with van der Waals surface area (Å²) in [7, 11) is 0. The van der Waals surface area contributed by atoms with Crippen molar-refractivity contribution >= 4 is 23.1 Å². The average molecular weight is 440 g/mol. The van der Waals surface area contributed by atoms with Crippen LogP contribution < -0.4 is 9.64 Å². The van der Waals surface area contributed by atoms with Gasteiger partial charge in [-0.05, 0) is 79.3 Å². The number of amides is 1. The van der Waals surface area contributed by atoms with Crippen molar-refractivity contribution in [3.63, 3.8) is 0 Å². The van der Waals surface area contributed by atoms with Crippen molar-refractivity contribution in [2.45, 2.75) is 32.7 Å². The van der Waals surface area contributed by atoms with E-state index >= 15 is 0 Å². The SMILES string of the molecule is Cc1cccc(N2C(=O)C(=O)/C(=C(\O)c3ccc4c(c3)CCCO4)C2c2cccnc2)c1C. The molecule has 0 radical (unpaired) electrons. The third-order valence-electron chi connectivity index (χ3n) is 6.46.